The van der Waals surface area contributed by atoms with Crippen LogP contribution in [-0.4, -0.2) is 15.6 Å². The summed E-state index contributed by atoms with van der Waals surface area (Å²) in [7, 11) is 1.87. The number of nitrogens with zero attached hydrogens (tertiary/aromatic N) is 2. The van der Waals surface area contributed by atoms with Crippen LogP contribution in [-0.2, 0) is 7.05 Å². The Morgan fingerprint density at radius 3 is 2.81 bits per heavy atom. The molecule has 0 amide bonds. The molecule has 1 heterocycles. The van der Waals surface area contributed by atoms with Crippen LogP contribution < -0.4 is 0 Å². The number of hydrogen-bond donors (Lipinski definition) is 0. The Labute approximate surface area is 96.8 Å². The van der Waals surface area contributed by atoms with Crippen LogP contribution in [0.2, 0.25) is 0 Å². The van der Waals surface area contributed by atoms with E-state index in [1.54, 1.807) is 4.68 Å². The van der Waals surface area contributed by atoms with E-state index in [9.17, 15) is 4.79 Å². The molecule has 0 aromatic carbocycles. The minimum atomic E-state index is 0.228. The van der Waals surface area contributed by atoms with Gasteiger partial charge in [-0.2, -0.15) is 5.10 Å². The summed E-state index contributed by atoms with van der Waals surface area (Å²) in [6, 6.07) is 0. The van der Waals surface area contributed by atoms with Crippen LogP contribution in [0.5, 0.6) is 0 Å². The zero-order chi connectivity index (χ0) is 11.7. The molecule has 0 bridgehead atoms. The predicted molar refractivity (Wildman–Crippen MR) is 63.4 cm³/mol. The van der Waals surface area contributed by atoms with Crippen molar-refractivity contribution in [1.29, 1.82) is 0 Å². The average molecular weight is 220 g/mol. The van der Waals surface area contributed by atoms with Crippen molar-refractivity contribution in [2.24, 2.45) is 18.9 Å². The predicted octanol–water partition coefficient (Wildman–Crippen LogP) is 2.74. The molecule has 88 valence electrons. The van der Waals surface area contributed by atoms with Crippen molar-refractivity contribution in [2.45, 2.75) is 39.5 Å². The van der Waals surface area contributed by atoms with E-state index in [4.69, 9.17) is 0 Å². The number of Topliss-reactive ketones (excluding diaryl/α,β-unsaturated/α-hetero) is 1. The number of aromatic nitrogens is 2. The number of aryl methyl sites for hydroxylation is 2. The molecule has 1 aromatic rings. The van der Waals surface area contributed by atoms with Crippen LogP contribution in [0.25, 0.3) is 0 Å². The van der Waals surface area contributed by atoms with E-state index in [1.807, 2.05) is 20.2 Å². The molecule has 1 aromatic heterocycles. The van der Waals surface area contributed by atoms with Crippen LogP contribution in [0.15, 0.2) is 6.20 Å². The fourth-order valence-corrected chi connectivity index (χ4v) is 2.73. The van der Waals surface area contributed by atoms with Gasteiger partial charge in [0.15, 0.2) is 5.78 Å². The van der Waals surface area contributed by atoms with Gasteiger partial charge in [0.1, 0.15) is 0 Å². The lowest BCUT2D eigenvalue weighted by molar-refractivity contribution is 0.0867. The molecule has 0 radical (unpaired) electrons. The molecule has 0 N–H and O–H groups in total. The molecule has 1 aliphatic carbocycles. The Kier molecular flexibility index (Phi) is 3.13. The van der Waals surface area contributed by atoms with Crippen LogP contribution in [0.1, 0.15) is 48.7 Å². The zero-order valence-corrected chi connectivity index (χ0v) is 10.4. The fraction of sp³-hybridized carbons (Fsp3) is 0.692. The zero-order valence-electron chi connectivity index (χ0n) is 10.4. The topological polar surface area (TPSA) is 34.9 Å². The first-order valence-corrected chi connectivity index (χ1v) is 6.12. The average Bonchev–Trinajstić information content (AvgIpc) is 2.57. The summed E-state index contributed by atoms with van der Waals surface area (Å²) in [6.45, 7) is 4.16. The van der Waals surface area contributed by atoms with Gasteiger partial charge >= 0.3 is 0 Å². The van der Waals surface area contributed by atoms with E-state index >= 15 is 0 Å². The molecule has 1 fully saturated rings. The first-order valence-electron chi connectivity index (χ1n) is 6.12. The quantitative estimate of drug-likeness (QED) is 0.718. The molecule has 16 heavy (non-hydrogen) atoms. The van der Waals surface area contributed by atoms with Gasteiger partial charge in [0.05, 0.1) is 11.3 Å². The third-order valence-electron chi connectivity index (χ3n) is 3.59. The van der Waals surface area contributed by atoms with E-state index in [0.717, 1.165) is 24.1 Å². The smallest absolute Gasteiger partial charge is 0.169 e. The third-order valence-corrected chi connectivity index (χ3v) is 3.59. The first kappa shape index (κ1) is 11.4. The standard InChI is InChI=1S/C13H20N2O/c1-9-5-4-6-11(7-9)13(16)12-8-15(3)14-10(12)2/h8-9,11H,4-7H2,1-3H3. The molecule has 3 nitrogen and oxygen atoms in total. The molecule has 0 aliphatic heterocycles. The maximum atomic E-state index is 12.3. The van der Waals surface area contributed by atoms with Crippen LogP contribution in [0.4, 0.5) is 0 Å². The third kappa shape index (κ3) is 2.18. The highest BCUT2D eigenvalue weighted by atomic mass is 16.1. The van der Waals surface area contributed by atoms with Gasteiger partial charge in [-0.25, -0.2) is 0 Å². The summed E-state index contributed by atoms with van der Waals surface area (Å²) < 4.78 is 1.73. The molecule has 0 spiro atoms. The Hall–Kier alpha value is -1.12. The molecule has 2 unspecified atom stereocenters. The fourth-order valence-electron chi connectivity index (χ4n) is 2.73. The monoisotopic (exact) mass is 220 g/mol. The Morgan fingerprint density at radius 2 is 2.25 bits per heavy atom. The number of hydrogen-bond acceptors (Lipinski definition) is 2. The van der Waals surface area contributed by atoms with Gasteiger partial charge in [0.25, 0.3) is 0 Å². The van der Waals surface area contributed by atoms with E-state index in [0.29, 0.717) is 11.7 Å². The highest BCUT2D eigenvalue weighted by Gasteiger charge is 2.27. The van der Waals surface area contributed by atoms with Crippen molar-refractivity contribution in [3.05, 3.63) is 17.5 Å². The van der Waals surface area contributed by atoms with Gasteiger partial charge in [-0.3, -0.25) is 9.48 Å². The van der Waals surface area contributed by atoms with E-state index in [2.05, 4.69) is 12.0 Å². The van der Waals surface area contributed by atoms with Crippen LogP contribution in [0, 0.1) is 18.8 Å². The van der Waals surface area contributed by atoms with Gasteiger partial charge in [-0.1, -0.05) is 19.8 Å². The second kappa shape index (κ2) is 4.40. The van der Waals surface area contributed by atoms with Crippen molar-refractivity contribution in [1.82, 2.24) is 9.78 Å². The second-order valence-corrected chi connectivity index (χ2v) is 5.13. The maximum Gasteiger partial charge on any atom is 0.169 e. The molecule has 2 atom stereocenters. The van der Waals surface area contributed by atoms with Gasteiger partial charge < -0.3 is 0 Å². The highest BCUT2D eigenvalue weighted by molar-refractivity contribution is 5.98. The largest absolute Gasteiger partial charge is 0.294 e. The van der Waals surface area contributed by atoms with Gasteiger partial charge in [0, 0.05) is 19.2 Å². The van der Waals surface area contributed by atoms with E-state index in [1.165, 1.54) is 12.8 Å². The Morgan fingerprint density at radius 1 is 1.50 bits per heavy atom. The number of ketones is 1. The van der Waals surface area contributed by atoms with E-state index in [-0.39, 0.29) is 5.92 Å². The lowest BCUT2D eigenvalue weighted by Crippen LogP contribution is -2.22. The molecule has 1 saturated carbocycles. The van der Waals surface area contributed by atoms with Gasteiger partial charge in [-0.15, -0.1) is 0 Å². The van der Waals surface area contributed by atoms with Crippen molar-refractivity contribution < 1.29 is 4.79 Å². The first-order chi connectivity index (χ1) is 7.58. The van der Waals surface area contributed by atoms with Gasteiger partial charge in [-0.05, 0) is 25.7 Å². The number of carbonyl (C=O) groups excluding carboxylic acids is 1. The van der Waals surface area contributed by atoms with Crippen LogP contribution in [0.3, 0.4) is 0 Å². The Bertz CT molecular complexity index is 395. The van der Waals surface area contributed by atoms with Gasteiger partial charge in [0.2, 0.25) is 0 Å². The summed E-state index contributed by atoms with van der Waals surface area (Å²) in [5.74, 6) is 1.23. The van der Waals surface area contributed by atoms with Crippen molar-refractivity contribution in [2.75, 3.05) is 0 Å². The Balaban J connectivity index is 2.15. The van der Waals surface area contributed by atoms with Crippen molar-refractivity contribution in [3.8, 4) is 0 Å². The summed E-state index contributed by atoms with van der Waals surface area (Å²) in [6.07, 6.45) is 6.42. The molecular weight excluding hydrogens is 200 g/mol. The molecule has 1 aliphatic rings. The lowest BCUT2D eigenvalue weighted by atomic mass is 9.79. The molecule has 0 saturated heterocycles. The lowest BCUT2D eigenvalue weighted by Gasteiger charge is -2.25. The van der Waals surface area contributed by atoms with Crippen molar-refractivity contribution in [3.63, 3.8) is 0 Å². The SMILES string of the molecule is Cc1nn(C)cc1C(=O)C1CCCC(C)C1. The van der Waals surface area contributed by atoms with E-state index < -0.39 is 0 Å². The molecule has 3 heteroatoms. The normalized spacial score (nSPS) is 25.7. The highest BCUT2D eigenvalue weighted by Crippen LogP contribution is 2.31. The number of carbonyl (C=O) groups is 1. The summed E-state index contributed by atoms with van der Waals surface area (Å²) in [5.41, 5.74) is 1.69. The summed E-state index contributed by atoms with van der Waals surface area (Å²) >= 11 is 0. The summed E-state index contributed by atoms with van der Waals surface area (Å²) in [5, 5.41) is 4.24. The van der Waals surface area contributed by atoms with Crippen LogP contribution >= 0.6 is 0 Å². The molecular formula is C13H20N2O. The minimum Gasteiger partial charge on any atom is -0.294 e. The second-order valence-electron chi connectivity index (χ2n) is 5.13. The molecule has 2 rings (SSSR count). The number of rotatable bonds is 2. The van der Waals surface area contributed by atoms with Crippen molar-refractivity contribution >= 4 is 5.78 Å². The summed E-state index contributed by atoms with van der Waals surface area (Å²) in [4.78, 5) is 12.3. The minimum absolute atomic E-state index is 0.228. The maximum absolute atomic E-state index is 12.3.